The molecule has 0 radical (unpaired) electrons. The molecule has 0 saturated carbocycles. The van der Waals surface area contributed by atoms with Crippen molar-refractivity contribution < 1.29 is 0 Å². The minimum atomic E-state index is -0.319. The van der Waals surface area contributed by atoms with Gasteiger partial charge in [0.1, 0.15) is 5.54 Å². The fourth-order valence-electron chi connectivity index (χ4n) is 0.745. The molecule has 0 aromatic heterocycles. The average Bonchev–Trinajstić information content (AvgIpc) is 1.85. The first-order chi connectivity index (χ1) is 4.45. The van der Waals surface area contributed by atoms with Crippen LogP contribution in [0.5, 0.6) is 0 Å². The van der Waals surface area contributed by atoms with Crippen LogP contribution in [0.25, 0.3) is 0 Å². The fourth-order valence-corrected chi connectivity index (χ4v) is 0.745. The van der Waals surface area contributed by atoms with Crippen molar-refractivity contribution in [2.24, 2.45) is 5.92 Å². The minimum absolute atomic E-state index is 0.319. The van der Waals surface area contributed by atoms with Crippen molar-refractivity contribution in [3.8, 4) is 6.07 Å². The zero-order valence-electron chi connectivity index (χ0n) is 7.47. The van der Waals surface area contributed by atoms with E-state index >= 15 is 0 Å². The number of nitriles is 1. The van der Waals surface area contributed by atoms with E-state index in [0.29, 0.717) is 5.92 Å². The van der Waals surface area contributed by atoms with Crippen LogP contribution in [0.15, 0.2) is 0 Å². The van der Waals surface area contributed by atoms with Crippen molar-refractivity contribution in [2.75, 3.05) is 14.1 Å². The van der Waals surface area contributed by atoms with E-state index in [1.165, 1.54) is 0 Å². The van der Waals surface area contributed by atoms with Gasteiger partial charge in [0.15, 0.2) is 0 Å². The second-order valence-electron chi connectivity index (χ2n) is 3.31. The maximum absolute atomic E-state index is 8.83. The molecule has 0 aliphatic rings. The maximum atomic E-state index is 8.83. The summed E-state index contributed by atoms with van der Waals surface area (Å²) < 4.78 is 0. The summed E-state index contributed by atoms with van der Waals surface area (Å²) in [6.07, 6.45) is 0. The molecule has 10 heavy (non-hydrogen) atoms. The third kappa shape index (κ3) is 1.48. The van der Waals surface area contributed by atoms with E-state index in [-0.39, 0.29) is 5.54 Å². The maximum Gasteiger partial charge on any atom is 0.108 e. The van der Waals surface area contributed by atoms with Crippen molar-refractivity contribution in [3.63, 3.8) is 0 Å². The molecule has 0 amide bonds. The van der Waals surface area contributed by atoms with E-state index in [2.05, 4.69) is 19.9 Å². The third-order valence-corrected chi connectivity index (χ3v) is 2.28. The summed E-state index contributed by atoms with van der Waals surface area (Å²) in [5.74, 6) is 0.368. The molecule has 0 N–H and O–H groups in total. The summed E-state index contributed by atoms with van der Waals surface area (Å²) in [6.45, 7) is 6.07. The van der Waals surface area contributed by atoms with E-state index in [9.17, 15) is 0 Å². The van der Waals surface area contributed by atoms with Crippen LogP contribution in [0.3, 0.4) is 0 Å². The van der Waals surface area contributed by atoms with Crippen molar-refractivity contribution in [3.05, 3.63) is 0 Å². The van der Waals surface area contributed by atoms with Gasteiger partial charge in [-0.15, -0.1) is 0 Å². The lowest BCUT2D eigenvalue weighted by molar-refractivity contribution is 0.176. The predicted octanol–water partition coefficient (Wildman–Crippen LogP) is 1.49. The van der Waals surface area contributed by atoms with Gasteiger partial charge in [0, 0.05) is 0 Å². The van der Waals surface area contributed by atoms with Crippen molar-refractivity contribution >= 4 is 0 Å². The van der Waals surface area contributed by atoms with Gasteiger partial charge in [-0.25, -0.2) is 0 Å². The van der Waals surface area contributed by atoms with Crippen molar-refractivity contribution in [1.82, 2.24) is 4.90 Å². The van der Waals surface area contributed by atoms with Gasteiger partial charge in [-0.05, 0) is 26.9 Å². The summed E-state index contributed by atoms with van der Waals surface area (Å²) in [7, 11) is 3.87. The Bertz CT molecular complexity index is 134. The molecule has 0 spiro atoms. The predicted molar refractivity (Wildman–Crippen MR) is 42.5 cm³/mol. The zero-order chi connectivity index (χ0) is 8.36. The molecule has 0 saturated heterocycles. The Morgan fingerprint density at radius 1 is 1.40 bits per heavy atom. The standard InChI is InChI=1S/C8H16N2/c1-7(2)8(3,6-9)10(4)5/h7H,1-5H3. The number of hydrogen-bond donors (Lipinski definition) is 0. The quantitative estimate of drug-likeness (QED) is 0.581. The number of rotatable bonds is 2. The van der Waals surface area contributed by atoms with Crippen LogP contribution in [-0.2, 0) is 0 Å². The summed E-state index contributed by atoms with van der Waals surface area (Å²) in [4.78, 5) is 1.96. The molecule has 1 unspecified atom stereocenters. The van der Waals surface area contributed by atoms with Crippen LogP contribution in [0.2, 0.25) is 0 Å². The largest absolute Gasteiger partial charge is 0.292 e. The Morgan fingerprint density at radius 2 is 1.80 bits per heavy atom. The molecule has 0 heterocycles. The molecule has 0 aromatic carbocycles. The topological polar surface area (TPSA) is 27.0 Å². The summed E-state index contributed by atoms with van der Waals surface area (Å²) >= 11 is 0. The fraction of sp³-hybridized carbons (Fsp3) is 0.875. The van der Waals surface area contributed by atoms with Gasteiger partial charge in [0.2, 0.25) is 0 Å². The van der Waals surface area contributed by atoms with E-state index in [1.54, 1.807) is 0 Å². The van der Waals surface area contributed by atoms with Crippen molar-refractivity contribution in [2.45, 2.75) is 26.3 Å². The lowest BCUT2D eigenvalue weighted by Crippen LogP contribution is -2.44. The molecule has 0 aliphatic heterocycles. The van der Waals surface area contributed by atoms with Crippen LogP contribution in [0, 0.1) is 17.2 Å². The van der Waals surface area contributed by atoms with E-state index in [1.807, 2.05) is 25.9 Å². The molecular weight excluding hydrogens is 124 g/mol. The van der Waals surface area contributed by atoms with Crippen LogP contribution >= 0.6 is 0 Å². The lowest BCUT2D eigenvalue weighted by Gasteiger charge is -2.33. The molecule has 0 bridgehead atoms. The first kappa shape index (κ1) is 9.45. The van der Waals surface area contributed by atoms with Gasteiger partial charge in [-0.2, -0.15) is 5.26 Å². The lowest BCUT2D eigenvalue weighted by atomic mass is 9.89. The monoisotopic (exact) mass is 140 g/mol. The highest BCUT2D eigenvalue weighted by molar-refractivity contribution is 5.05. The Balaban J connectivity index is 4.43. The second kappa shape index (κ2) is 3.03. The summed E-state index contributed by atoms with van der Waals surface area (Å²) in [5, 5.41) is 8.83. The van der Waals surface area contributed by atoms with Gasteiger partial charge in [-0.3, -0.25) is 4.90 Å². The van der Waals surface area contributed by atoms with E-state index in [0.717, 1.165) is 0 Å². The second-order valence-corrected chi connectivity index (χ2v) is 3.31. The summed E-state index contributed by atoms with van der Waals surface area (Å²) in [5.41, 5.74) is -0.319. The molecule has 0 rings (SSSR count). The number of hydrogen-bond acceptors (Lipinski definition) is 2. The Kier molecular flexibility index (Phi) is 2.86. The smallest absolute Gasteiger partial charge is 0.108 e. The zero-order valence-corrected chi connectivity index (χ0v) is 7.47. The van der Waals surface area contributed by atoms with Crippen molar-refractivity contribution in [1.29, 1.82) is 5.26 Å². The Hall–Kier alpha value is -0.550. The van der Waals surface area contributed by atoms with Gasteiger partial charge in [0.05, 0.1) is 6.07 Å². The molecule has 0 aromatic rings. The molecule has 2 nitrogen and oxygen atoms in total. The number of nitrogens with zero attached hydrogens (tertiary/aromatic N) is 2. The van der Waals surface area contributed by atoms with E-state index in [4.69, 9.17) is 5.26 Å². The first-order valence-corrected chi connectivity index (χ1v) is 3.54. The highest BCUT2D eigenvalue weighted by Gasteiger charge is 2.30. The van der Waals surface area contributed by atoms with Crippen LogP contribution in [0.4, 0.5) is 0 Å². The average molecular weight is 140 g/mol. The Morgan fingerprint density at radius 3 is 1.80 bits per heavy atom. The molecule has 58 valence electrons. The molecular formula is C8H16N2. The first-order valence-electron chi connectivity index (χ1n) is 3.54. The summed E-state index contributed by atoms with van der Waals surface area (Å²) in [6, 6.07) is 2.30. The van der Waals surface area contributed by atoms with Crippen LogP contribution in [-0.4, -0.2) is 24.5 Å². The molecule has 0 fully saturated rings. The SMILES string of the molecule is CC(C)C(C)(C#N)N(C)C. The molecule has 2 heteroatoms. The third-order valence-electron chi connectivity index (χ3n) is 2.28. The van der Waals surface area contributed by atoms with Gasteiger partial charge in [-0.1, -0.05) is 13.8 Å². The van der Waals surface area contributed by atoms with Crippen LogP contribution in [0.1, 0.15) is 20.8 Å². The Labute approximate surface area is 63.4 Å². The van der Waals surface area contributed by atoms with E-state index < -0.39 is 0 Å². The van der Waals surface area contributed by atoms with Gasteiger partial charge < -0.3 is 0 Å². The van der Waals surface area contributed by atoms with Crippen LogP contribution < -0.4 is 0 Å². The minimum Gasteiger partial charge on any atom is -0.292 e. The normalized spacial score (nSPS) is 17.0. The van der Waals surface area contributed by atoms with Gasteiger partial charge >= 0.3 is 0 Å². The highest BCUT2D eigenvalue weighted by atomic mass is 15.1. The molecule has 0 aliphatic carbocycles. The highest BCUT2D eigenvalue weighted by Crippen LogP contribution is 2.20. The molecule has 1 atom stereocenters. The van der Waals surface area contributed by atoms with Gasteiger partial charge in [0.25, 0.3) is 0 Å².